The average Bonchev–Trinajstić information content (AvgIpc) is 1.65. The van der Waals surface area contributed by atoms with Crippen LogP contribution in [0.1, 0.15) is 66.8 Å². The third-order valence-corrected chi connectivity index (χ3v) is 14.4. The van der Waals surface area contributed by atoms with E-state index in [2.05, 4.69) is 0 Å². The predicted molar refractivity (Wildman–Crippen MR) is 315 cm³/mol. The van der Waals surface area contributed by atoms with Crippen molar-refractivity contribution in [3.8, 4) is 44.5 Å². The Labute approximate surface area is 556 Å². The van der Waals surface area contributed by atoms with Gasteiger partial charge >= 0.3 is 97.2 Å². The molecule has 8 aromatic carbocycles. The maximum Gasteiger partial charge on any atom is 3.00 e. The molecule has 0 saturated heterocycles. The number of allylic oxidation sites excluding steroid dienone is 4. The van der Waals surface area contributed by atoms with Gasteiger partial charge in [-0.2, -0.15) is 52.7 Å². The molecule has 8 N–H and O–H groups in total. The minimum Gasteiger partial charge on any atom is -0.507 e. The van der Waals surface area contributed by atoms with Crippen molar-refractivity contribution < 1.29 is 161 Å². The summed E-state index contributed by atoms with van der Waals surface area (Å²) in [6, 6.07) is 45.6. The Morgan fingerprint density at radius 2 is 0.409 bits per heavy atom. The summed E-state index contributed by atoms with van der Waals surface area (Å²) >= 11 is 0. The van der Waals surface area contributed by atoms with Gasteiger partial charge in [0.1, 0.15) is 23.0 Å². The fraction of sp³-hybridized carbons (Fsp3) is 0.0588. The van der Waals surface area contributed by atoms with Gasteiger partial charge in [-0.1, -0.05) is 121 Å². The molecule has 12 nitrogen and oxygen atoms in total. The number of halogens is 12. The maximum atomic E-state index is 12.2. The van der Waals surface area contributed by atoms with E-state index in [9.17, 15) is 111 Å². The number of fused-ring (bicyclic) bond motifs is 12. The molecule has 0 heterocycles. The average molecular weight is 1430 g/mol. The van der Waals surface area contributed by atoms with Gasteiger partial charge in [-0.25, -0.2) is 0 Å². The van der Waals surface area contributed by atoms with Crippen LogP contribution in [0, 0.1) is 49.4 Å². The number of hydrogen-bond acceptors (Lipinski definition) is 8. The normalized spacial score (nSPS) is 13.5. The Morgan fingerprint density at radius 1 is 0.258 bits per heavy atom. The van der Waals surface area contributed by atoms with Gasteiger partial charge in [0.05, 0.1) is 44.5 Å². The summed E-state index contributed by atoms with van der Waals surface area (Å²) in [6.07, 6.45) is -19.7. The van der Waals surface area contributed by atoms with Crippen molar-refractivity contribution in [2.45, 2.75) is 24.7 Å². The van der Waals surface area contributed by atoms with Crippen LogP contribution in [0.4, 0.5) is 52.7 Å². The fourth-order valence-electron chi connectivity index (χ4n) is 9.97. The van der Waals surface area contributed by atoms with Crippen molar-refractivity contribution in [2.75, 3.05) is 0 Å². The van der Waals surface area contributed by atoms with Crippen LogP contribution in [0.3, 0.4) is 0 Å². The maximum absolute atomic E-state index is 12.2. The van der Waals surface area contributed by atoms with Crippen molar-refractivity contribution in [1.82, 2.24) is 0 Å². The quantitative estimate of drug-likeness (QED) is 0.0493. The second kappa shape index (κ2) is 26.7. The molecule has 468 valence electrons. The zero-order valence-corrected chi connectivity index (χ0v) is 49.0. The number of ketones is 8. The number of hydrogen-bond donors (Lipinski definition) is 4. The number of carbonyl (C=O) groups excluding carboxylic acids is 8. The van der Waals surface area contributed by atoms with Crippen LogP contribution in [-0.4, -0.2) is 111 Å². The van der Waals surface area contributed by atoms with Crippen LogP contribution >= 0.6 is 0 Å². The first-order valence-electron chi connectivity index (χ1n) is 26.4. The number of benzene rings is 8. The smallest absolute Gasteiger partial charge is 0.507 e. The van der Waals surface area contributed by atoms with E-state index in [0.29, 0.717) is 66.8 Å². The molecule has 4 aliphatic carbocycles. The first kappa shape index (κ1) is 68.9. The minimum atomic E-state index is -5.05. The van der Waals surface area contributed by atoms with Crippen molar-refractivity contribution in [1.29, 1.82) is 0 Å². The Hall–Kier alpha value is -9.98. The third kappa shape index (κ3) is 14.5. The first-order valence-corrected chi connectivity index (χ1v) is 26.4. The second-order valence-electron chi connectivity index (χ2n) is 20.2. The van der Waals surface area contributed by atoms with Crippen LogP contribution in [0.2, 0.25) is 0 Å². The van der Waals surface area contributed by atoms with Gasteiger partial charge in [-0.05, 0) is 93.0 Å². The van der Waals surface area contributed by atoms with Crippen LogP contribution in [0.5, 0.6) is 0 Å². The van der Waals surface area contributed by atoms with E-state index in [1.54, 1.807) is 121 Å². The van der Waals surface area contributed by atoms with Crippen LogP contribution in [0.25, 0.3) is 67.5 Å². The standard InChI is InChI=1S/4C17H9F3O3.Eu/c4*18-17(19,20)15(22)8-14(21)9-5-6-11-10-3-1-2-4-12(10)16(23)13(11)7-9;/h4*1-8,21H;/q;;;;+3/p+4/b4*14-8-;. The van der Waals surface area contributed by atoms with E-state index in [1.165, 1.54) is 48.5 Å². The summed E-state index contributed by atoms with van der Waals surface area (Å²) < 4.78 is 147. The van der Waals surface area contributed by atoms with Crippen molar-refractivity contribution >= 4 is 69.3 Å². The summed E-state index contributed by atoms with van der Waals surface area (Å²) in [4.78, 5) is 84.5. The van der Waals surface area contributed by atoms with Crippen molar-refractivity contribution in [2.24, 2.45) is 0 Å². The minimum absolute atomic E-state index is 0. The summed E-state index contributed by atoms with van der Waals surface area (Å²) in [5.41, 5.74) is 10.0. The number of alkyl halides is 12. The zero-order chi connectivity index (χ0) is 67.1. The molecular weight excluding hydrogens is 1390 g/mol. The molecule has 0 saturated carbocycles. The van der Waals surface area contributed by atoms with Crippen LogP contribution in [0.15, 0.2) is 194 Å². The van der Waals surface area contributed by atoms with Crippen LogP contribution < -0.4 is 0 Å². The van der Waals surface area contributed by atoms with E-state index in [1.807, 2.05) is 0 Å². The van der Waals surface area contributed by atoms with Gasteiger partial charge in [0.15, 0.2) is 0 Å². The molecule has 0 aromatic heterocycles. The summed E-state index contributed by atoms with van der Waals surface area (Å²) in [5.74, 6) is -11.9. The predicted octanol–water partition coefficient (Wildman–Crippen LogP) is 14.6. The molecule has 0 atom stereocenters. The Bertz CT molecular complexity index is 4040. The Balaban J connectivity index is 0.000000159. The molecule has 0 amide bonds. The molecule has 0 aliphatic heterocycles. The first-order chi connectivity index (χ1) is 43.1. The van der Waals surface area contributed by atoms with Gasteiger partial charge in [-0.15, -0.1) is 0 Å². The molecule has 12 rings (SSSR count). The van der Waals surface area contributed by atoms with Gasteiger partial charge in [0, 0.05) is 46.6 Å². The third-order valence-electron chi connectivity index (χ3n) is 14.4. The van der Waals surface area contributed by atoms with Crippen LogP contribution in [-0.2, 0) is 19.2 Å². The van der Waals surface area contributed by atoms with E-state index in [4.69, 9.17) is 0 Å². The molecule has 0 unspecified atom stereocenters. The van der Waals surface area contributed by atoms with Crippen molar-refractivity contribution in [3.63, 3.8) is 0 Å². The van der Waals surface area contributed by atoms with Gasteiger partial charge < -0.3 is 20.4 Å². The zero-order valence-electron chi connectivity index (χ0n) is 46.6. The molecule has 0 bridgehead atoms. The molecule has 93 heavy (non-hydrogen) atoms. The number of rotatable bonds is 8. The Kier molecular flexibility index (Phi) is 19.8. The molecular formula is C68H40EuF12O12+7. The largest absolute Gasteiger partial charge is 3.00 e. The van der Waals surface area contributed by atoms with Gasteiger partial charge in [-0.3, -0.25) is 38.4 Å². The fourth-order valence-corrected chi connectivity index (χ4v) is 9.97. The van der Waals surface area contributed by atoms with Gasteiger partial charge in [0.2, 0.25) is 0 Å². The van der Waals surface area contributed by atoms with Crippen molar-refractivity contribution in [3.05, 3.63) is 261 Å². The molecule has 8 aromatic rings. The molecule has 4 aliphatic rings. The number of carbonyl (C=O) groups is 4. The second-order valence-corrected chi connectivity index (χ2v) is 20.2. The number of aliphatic hydroxyl groups is 4. The van der Waals surface area contributed by atoms with Gasteiger partial charge in [0.25, 0.3) is 23.1 Å². The summed E-state index contributed by atoms with van der Waals surface area (Å²) in [5, 5.41) is 39.0. The van der Waals surface area contributed by atoms with E-state index in [-0.39, 0.29) is 119 Å². The Morgan fingerprint density at radius 3 is 0.570 bits per heavy atom. The molecule has 25 heteroatoms. The van der Waals surface area contributed by atoms with E-state index >= 15 is 0 Å². The molecule has 0 spiro atoms. The van der Waals surface area contributed by atoms with E-state index < -0.39 is 70.9 Å². The molecule has 0 fully saturated rings. The topological polar surface area (TPSA) is 235 Å². The number of aliphatic hydroxyl groups excluding tert-OH is 4. The summed E-state index contributed by atoms with van der Waals surface area (Å²) in [7, 11) is 0. The SMILES string of the molecule is O=C(/C=C(\O)c1ccc2c(c1)C(=[OH+])c1ccccc1-2)C(F)(F)F.O=C(/C=C(\O)c1ccc2c(c1)C(=[OH+])c1ccccc1-2)C(F)(F)F.O=C(/C=C(\O)c1ccc2c(c1)C(=[OH+])c1ccccc1-2)C(F)(F)F.O=C(/C=C(\O)c1ccc2c(c1)C(=[OH+])c1ccccc1-2)C(F)(F)F.[Eu+3]. The van der Waals surface area contributed by atoms with E-state index in [0.717, 1.165) is 22.3 Å². The monoisotopic (exact) mass is 1430 g/mol. The molecule has 0 radical (unpaired) electrons. The summed E-state index contributed by atoms with van der Waals surface area (Å²) in [6.45, 7) is 0.